The van der Waals surface area contributed by atoms with Crippen molar-refractivity contribution in [2.24, 2.45) is 11.8 Å². The fraction of sp³-hybridized carbons (Fsp3) is 0.343. The van der Waals surface area contributed by atoms with Gasteiger partial charge in [-0.25, -0.2) is 0 Å². The van der Waals surface area contributed by atoms with Gasteiger partial charge >= 0.3 is 6.18 Å². The summed E-state index contributed by atoms with van der Waals surface area (Å²) in [6.07, 6.45) is -4.64. The van der Waals surface area contributed by atoms with Gasteiger partial charge in [-0.2, -0.15) is 18.3 Å². The smallest absolute Gasteiger partial charge is 0.393 e. The molecule has 1 amide bonds. The average molecular weight is 635 g/mol. The molecule has 0 saturated carbocycles. The molecule has 0 radical (unpaired) electrons. The molecule has 46 heavy (non-hydrogen) atoms. The van der Waals surface area contributed by atoms with Gasteiger partial charge in [-0.3, -0.25) is 4.79 Å². The number of methoxy groups -OCH3 is 3. The van der Waals surface area contributed by atoms with E-state index in [9.17, 15) is 18.0 Å². The van der Waals surface area contributed by atoms with Crippen LogP contribution in [0, 0.1) is 11.8 Å². The highest BCUT2D eigenvalue weighted by atomic mass is 19.4. The van der Waals surface area contributed by atoms with Gasteiger partial charge in [0, 0.05) is 38.5 Å². The summed E-state index contributed by atoms with van der Waals surface area (Å²) in [5.41, 5.74) is 3.25. The van der Waals surface area contributed by atoms with E-state index in [-0.39, 0.29) is 31.8 Å². The molecule has 0 bridgehead atoms. The number of benzene rings is 3. The number of anilines is 1. The number of alkyl halides is 3. The quantitative estimate of drug-likeness (QED) is 0.177. The number of hydrogen-bond donors (Lipinski definition) is 0. The number of nitrogens with zero attached hydrogens (tertiary/aromatic N) is 4. The largest absolute Gasteiger partial charge is 0.497 e. The topological polar surface area (TPSA) is 77.0 Å². The molecule has 5 rings (SSSR count). The van der Waals surface area contributed by atoms with Crippen LogP contribution in [0.25, 0.3) is 0 Å². The summed E-state index contributed by atoms with van der Waals surface area (Å²) in [7, 11) is 4.77. The maximum atomic E-state index is 14.0. The second kappa shape index (κ2) is 14.5. The highest BCUT2D eigenvalue weighted by molar-refractivity contribution is 5.80. The Labute approximate surface area is 266 Å². The number of halogens is 3. The Morgan fingerprint density at radius 3 is 1.67 bits per heavy atom. The van der Waals surface area contributed by atoms with Crippen molar-refractivity contribution in [3.8, 4) is 17.2 Å². The van der Waals surface area contributed by atoms with Gasteiger partial charge in [0.1, 0.15) is 17.2 Å². The second-order valence-corrected chi connectivity index (χ2v) is 11.4. The normalized spacial score (nSPS) is 16.7. The standard InChI is InChI=1S/C35H37F3N4O4/c1-44-30-11-4-24(5-12-30)20-41(21-25-6-13-31(45-2)14-7-25)33-17-10-29(39-40-33)19-27-18-28(35(36,37)38)23-42(34(27)43)22-26-8-15-32(46-3)16-9-26/h4-17,27-28H,18-23H2,1-3H3/t27?,28-/m1/s1. The Morgan fingerprint density at radius 2 is 1.24 bits per heavy atom. The van der Waals surface area contributed by atoms with Crippen LogP contribution in [0.4, 0.5) is 19.0 Å². The number of carbonyl (C=O) groups excluding carboxylic acids is 1. The van der Waals surface area contributed by atoms with E-state index >= 15 is 0 Å². The highest BCUT2D eigenvalue weighted by Crippen LogP contribution is 2.37. The van der Waals surface area contributed by atoms with Crippen molar-refractivity contribution in [1.82, 2.24) is 15.1 Å². The Kier molecular flexibility index (Phi) is 10.3. The molecule has 4 aromatic rings. The van der Waals surface area contributed by atoms with Crippen molar-refractivity contribution in [3.05, 3.63) is 107 Å². The summed E-state index contributed by atoms with van der Waals surface area (Å²) in [6.45, 7) is 0.765. The molecule has 1 fully saturated rings. The van der Waals surface area contributed by atoms with Crippen LogP contribution in [0.2, 0.25) is 0 Å². The number of amides is 1. The molecule has 0 aliphatic carbocycles. The Morgan fingerprint density at radius 1 is 0.739 bits per heavy atom. The van der Waals surface area contributed by atoms with Crippen LogP contribution in [-0.2, 0) is 30.8 Å². The number of aromatic nitrogens is 2. The lowest BCUT2D eigenvalue weighted by Gasteiger charge is -2.38. The van der Waals surface area contributed by atoms with Crippen LogP contribution >= 0.6 is 0 Å². The summed E-state index contributed by atoms with van der Waals surface area (Å²) in [4.78, 5) is 16.8. The van der Waals surface area contributed by atoms with E-state index in [1.165, 1.54) is 12.0 Å². The van der Waals surface area contributed by atoms with Crippen LogP contribution in [0.1, 0.15) is 28.8 Å². The average Bonchev–Trinajstić information content (AvgIpc) is 3.07. The van der Waals surface area contributed by atoms with Gasteiger partial charge in [0.2, 0.25) is 5.91 Å². The summed E-state index contributed by atoms with van der Waals surface area (Å²) in [6, 6.07) is 26.0. The predicted molar refractivity (Wildman–Crippen MR) is 168 cm³/mol. The summed E-state index contributed by atoms with van der Waals surface area (Å²) < 4.78 is 57.7. The molecule has 242 valence electrons. The third kappa shape index (κ3) is 8.26. The summed E-state index contributed by atoms with van der Waals surface area (Å²) >= 11 is 0. The Bertz CT molecular complexity index is 1510. The second-order valence-electron chi connectivity index (χ2n) is 11.4. The summed E-state index contributed by atoms with van der Waals surface area (Å²) in [5, 5.41) is 8.85. The van der Waals surface area contributed by atoms with E-state index in [1.807, 2.05) is 48.5 Å². The monoisotopic (exact) mass is 634 g/mol. The molecule has 2 atom stereocenters. The molecule has 1 saturated heterocycles. The predicted octanol–water partition coefficient (Wildman–Crippen LogP) is 6.48. The van der Waals surface area contributed by atoms with Crippen molar-refractivity contribution in [2.75, 3.05) is 32.8 Å². The van der Waals surface area contributed by atoms with Crippen LogP contribution in [0.3, 0.4) is 0 Å². The van der Waals surface area contributed by atoms with Gasteiger partial charge in [-0.1, -0.05) is 36.4 Å². The van der Waals surface area contributed by atoms with Crippen LogP contribution < -0.4 is 19.1 Å². The van der Waals surface area contributed by atoms with Crippen molar-refractivity contribution in [2.45, 2.75) is 38.7 Å². The molecule has 1 aliphatic heterocycles. The van der Waals surface area contributed by atoms with Gasteiger partial charge < -0.3 is 24.0 Å². The van der Waals surface area contributed by atoms with E-state index < -0.39 is 18.0 Å². The third-order valence-electron chi connectivity index (χ3n) is 8.22. The number of hydrogen-bond acceptors (Lipinski definition) is 7. The number of piperidine rings is 1. The van der Waals surface area contributed by atoms with Crippen molar-refractivity contribution in [1.29, 1.82) is 0 Å². The van der Waals surface area contributed by atoms with Gasteiger partial charge in [0.15, 0.2) is 5.82 Å². The van der Waals surface area contributed by atoms with Gasteiger partial charge in [-0.05, 0) is 71.6 Å². The first-order valence-electron chi connectivity index (χ1n) is 15.0. The first-order chi connectivity index (χ1) is 22.1. The summed E-state index contributed by atoms with van der Waals surface area (Å²) in [5.74, 6) is -0.0705. The van der Waals surface area contributed by atoms with Gasteiger partial charge in [0.05, 0.1) is 32.9 Å². The molecule has 1 unspecified atom stereocenters. The number of carbonyl (C=O) groups is 1. The van der Waals surface area contributed by atoms with Crippen molar-refractivity contribution in [3.63, 3.8) is 0 Å². The van der Waals surface area contributed by atoms with E-state index in [4.69, 9.17) is 14.2 Å². The maximum Gasteiger partial charge on any atom is 0.393 e. The SMILES string of the molecule is COc1ccc(CN2C[C@H](C(F)(F)F)CC(Cc3ccc(N(Cc4ccc(OC)cc4)Cc4ccc(OC)cc4)nn3)C2=O)cc1. The molecule has 0 spiro atoms. The minimum atomic E-state index is -4.42. The zero-order valence-corrected chi connectivity index (χ0v) is 26.0. The lowest BCUT2D eigenvalue weighted by Crippen LogP contribution is -2.49. The van der Waals surface area contributed by atoms with Crippen LogP contribution in [0.15, 0.2) is 84.9 Å². The zero-order valence-electron chi connectivity index (χ0n) is 26.0. The Balaban J connectivity index is 1.33. The van der Waals surface area contributed by atoms with Crippen molar-refractivity contribution < 1.29 is 32.2 Å². The minimum Gasteiger partial charge on any atom is -0.497 e. The van der Waals surface area contributed by atoms with Crippen molar-refractivity contribution >= 4 is 11.7 Å². The van der Waals surface area contributed by atoms with Crippen LogP contribution in [-0.4, -0.2) is 55.1 Å². The molecular formula is C35H37F3N4O4. The fourth-order valence-corrected chi connectivity index (χ4v) is 5.64. The molecule has 2 heterocycles. The molecule has 1 aliphatic rings. The number of ether oxygens (including phenoxy) is 3. The number of rotatable bonds is 12. The third-order valence-corrected chi connectivity index (χ3v) is 8.22. The first kappa shape index (κ1) is 32.6. The molecule has 1 aromatic heterocycles. The maximum absolute atomic E-state index is 14.0. The van der Waals surface area contributed by atoms with Crippen LogP contribution in [0.5, 0.6) is 17.2 Å². The molecule has 11 heteroatoms. The lowest BCUT2D eigenvalue weighted by molar-refractivity contribution is -0.195. The highest BCUT2D eigenvalue weighted by Gasteiger charge is 2.47. The van der Waals surface area contributed by atoms with E-state index in [0.717, 1.165) is 28.2 Å². The molecule has 3 aromatic carbocycles. The zero-order chi connectivity index (χ0) is 32.7. The van der Waals surface area contributed by atoms with Gasteiger partial charge in [-0.15, -0.1) is 5.10 Å². The van der Waals surface area contributed by atoms with Gasteiger partial charge in [0.25, 0.3) is 0 Å². The molecular weight excluding hydrogens is 597 g/mol. The van der Waals surface area contributed by atoms with E-state index in [2.05, 4.69) is 15.1 Å². The fourth-order valence-electron chi connectivity index (χ4n) is 5.64. The minimum absolute atomic E-state index is 0.0643. The molecule has 8 nitrogen and oxygen atoms in total. The lowest BCUT2D eigenvalue weighted by atomic mass is 9.85. The van der Waals surface area contributed by atoms with E-state index in [0.29, 0.717) is 30.4 Å². The Hall–Kier alpha value is -4.80. The van der Waals surface area contributed by atoms with E-state index in [1.54, 1.807) is 50.6 Å². The molecule has 0 N–H and O–H groups in total. The first-order valence-corrected chi connectivity index (χ1v) is 15.0. The number of likely N-dealkylation sites (tertiary alicyclic amines) is 1.